The number of aromatic amines is 1. The van der Waals surface area contributed by atoms with Crippen LogP contribution in [0.1, 0.15) is 21.0 Å². The number of hydrogen-bond acceptors (Lipinski definition) is 4. The number of thiophene rings is 1. The molecular weight excluding hydrogens is 332 g/mol. The van der Waals surface area contributed by atoms with E-state index in [0.29, 0.717) is 0 Å². The van der Waals surface area contributed by atoms with E-state index >= 15 is 0 Å². The first kappa shape index (κ1) is 15.9. The van der Waals surface area contributed by atoms with E-state index in [-0.39, 0.29) is 11.9 Å². The average Bonchev–Trinajstić information content (AvgIpc) is 3.35. The fourth-order valence-electron chi connectivity index (χ4n) is 3.14. The summed E-state index contributed by atoms with van der Waals surface area (Å²) in [5.74, 6) is 0.958. The van der Waals surface area contributed by atoms with Gasteiger partial charge < -0.3 is 10.2 Å². The lowest BCUT2D eigenvalue weighted by molar-refractivity contribution is 0.0944. The third-order valence-electron chi connectivity index (χ3n) is 4.46. The van der Waals surface area contributed by atoms with Crippen LogP contribution < -0.4 is 10.2 Å². The predicted molar refractivity (Wildman–Crippen MR) is 101 cm³/mol. The van der Waals surface area contributed by atoms with E-state index in [1.165, 1.54) is 11.3 Å². The van der Waals surface area contributed by atoms with Crippen molar-refractivity contribution in [2.45, 2.75) is 19.4 Å². The van der Waals surface area contributed by atoms with Crippen molar-refractivity contribution < 1.29 is 4.79 Å². The van der Waals surface area contributed by atoms with Crippen LogP contribution in [-0.4, -0.2) is 35.2 Å². The minimum absolute atomic E-state index is 0.0250. The molecule has 3 heterocycles. The molecule has 5 nitrogen and oxygen atoms in total. The van der Waals surface area contributed by atoms with Crippen molar-refractivity contribution in [3.63, 3.8) is 0 Å². The van der Waals surface area contributed by atoms with Crippen LogP contribution in [0.15, 0.2) is 48.5 Å². The summed E-state index contributed by atoms with van der Waals surface area (Å²) in [6.07, 6.45) is 0.934. The molecule has 1 saturated heterocycles. The van der Waals surface area contributed by atoms with E-state index in [0.717, 1.165) is 46.3 Å². The average molecular weight is 352 g/mol. The smallest absolute Gasteiger partial charge is 0.261 e. The van der Waals surface area contributed by atoms with E-state index in [4.69, 9.17) is 0 Å². The van der Waals surface area contributed by atoms with E-state index in [1.54, 1.807) is 0 Å². The lowest BCUT2D eigenvalue weighted by atomic mass is 10.1. The highest BCUT2D eigenvalue weighted by molar-refractivity contribution is 7.13. The zero-order valence-electron chi connectivity index (χ0n) is 14.0. The Hall–Kier alpha value is -2.60. The van der Waals surface area contributed by atoms with Crippen molar-refractivity contribution in [1.29, 1.82) is 0 Å². The van der Waals surface area contributed by atoms with Crippen molar-refractivity contribution in [3.05, 3.63) is 58.3 Å². The number of nitrogens with zero attached hydrogens (tertiary/aromatic N) is 2. The van der Waals surface area contributed by atoms with E-state index < -0.39 is 0 Å². The third kappa shape index (κ3) is 3.44. The van der Waals surface area contributed by atoms with Crippen LogP contribution in [-0.2, 0) is 0 Å². The summed E-state index contributed by atoms with van der Waals surface area (Å²) in [4.78, 5) is 16.5. The van der Waals surface area contributed by atoms with Crippen LogP contribution in [0.2, 0.25) is 0 Å². The molecule has 4 rings (SSSR count). The molecule has 1 atom stereocenters. The summed E-state index contributed by atoms with van der Waals surface area (Å²) in [5, 5.41) is 10.7. The zero-order valence-corrected chi connectivity index (χ0v) is 14.8. The molecule has 1 aliphatic rings. The second-order valence-corrected chi connectivity index (χ2v) is 7.61. The number of amides is 1. The fraction of sp³-hybridized carbons (Fsp3) is 0.263. The quantitative estimate of drug-likeness (QED) is 0.756. The van der Waals surface area contributed by atoms with Gasteiger partial charge in [-0.05, 0) is 31.0 Å². The van der Waals surface area contributed by atoms with E-state index in [9.17, 15) is 4.79 Å². The van der Waals surface area contributed by atoms with Crippen LogP contribution in [0.3, 0.4) is 0 Å². The standard InChI is InChI=1S/C19H20N4OS/c1-13-7-8-17(25-13)19(24)20-15-9-10-23(12-15)18-11-16(21-22-18)14-5-3-2-4-6-14/h2-8,11,15H,9-10,12H2,1H3,(H,20,24)(H,21,22)/t15-/m0/s1. The third-order valence-corrected chi connectivity index (χ3v) is 5.46. The summed E-state index contributed by atoms with van der Waals surface area (Å²) in [5.41, 5.74) is 2.13. The lowest BCUT2D eigenvalue weighted by Gasteiger charge is -2.15. The Morgan fingerprint density at radius 3 is 2.88 bits per heavy atom. The number of nitrogens with one attached hydrogen (secondary N) is 2. The number of carbonyl (C=O) groups excluding carboxylic acids is 1. The highest BCUT2D eigenvalue weighted by atomic mass is 32.1. The topological polar surface area (TPSA) is 61.0 Å². The van der Waals surface area contributed by atoms with Crippen molar-refractivity contribution in [1.82, 2.24) is 15.5 Å². The summed E-state index contributed by atoms with van der Waals surface area (Å²) in [6, 6.07) is 16.3. The first-order valence-corrected chi connectivity index (χ1v) is 9.24. The minimum atomic E-state index is 0.0250. The Morgan fingerprint density at radius 1 is 1.28 bits per heavy atom. The molecule has 0 saturated carbocycles. The lowest BCUT2D eigenvalue weighted by Crippen LogP contribution is -2.36. The van der Waals surface area contributed by atoms with Gasteiger partial charge in [0.05, 0.1) is 10.6 Å². The highest BCUT2D eigenvalue weighted by Crippen LogP contribution is 2.24. The van der Waals surface area contributed by atoms with Gasteiger partial charge in [-0.15, -0.1) is 11.3 Å². The van der Waals surface area contributed by atoms with Crippen molar-refractivity contribution in [2.75, 3.05) is 18.0 Å². The number of hydrogen-bond donors (Lipinski definition) is 2. The van der Waals surface area contributed by atoms with Crippen molar-refractivity contribution >= 4 is 23.1 Å². The van der Waals surface area contributed by atoms with Gasteiger partial charge in [-0.1, -0.05) is 30.3 Å². The second-order valence-electron chi connectivity index (χ2n) is 6.32. The summed E-state index contributed by atoms with van der Waals surface area (Å²) in [6.45, 7) is 3.70. The van der Waals surface area contributed by atoms with Crippen LogP contribution in [0.25, 0.3) is 11.3 Å². The fourth-order valence-corrected chi connectivity index (χ4v) is 3.91. The molecule has 3 aromatic rings. The molecule has 2 aromatic heterocycles. The normalized spacial score (nSPS) is 17.0. The molecule has 1 amide bonds. The SMILES string of the molecule is Cc1ccc(C(=O)N[C@H]2CCN(c3cc(-c4ccccc4)[nH]n3)C2)s1. The van der Waals surface area contributed by atoms with Gasteiger partial charge >= 0.3 is 0 Å². The Kier molecular flexibility index (Phi) is 4.28. The molecule has 0 radical (unpaired) electrons. The maximum absolute atomic E-state index is 12.3. The molecule has 0 spiro atoms. The monoisotopic (exact) mass is 352 g/mol. The number of aryl methyl sites for hydroxylation is 1. The van der Waals surface area contributed by atoms with Gasteiger partial charge in [-0.3, -0.25) is 9.89 Å². The number of carbonyl (C=O) groups is 1. The van der Waals surface area contributed by atoms with Gasteiger partial charge in [-0.2, -0.15) is 5.10 Å². The first-order valence-electron chi connectivity index (χ1n) is 8.42. The molecule has 1 aromatic carbocycles. The van der Waals surface area contributed by atoms with Gasteiger partial charge in [0.25, 0.3) is 5.91 Å². The largest absolute Gasteiger partial charge is 0.353 e. The molecule has 1 aliphatic heterocycles. The van der Waals surface area contributed by atoms with Crippen LogP contribution in [0.5, 0.6) is 0 Å². The van der Waals surface area contributed by atoms with Gasteiger partial charge in [0.15, 0.2) is 5.82 Å². The van der Waals surface area contributed by atoms with Gasteiger partial charge in [0.2, 0.25) is 0 Å². The molecule has 128 valence electrons. The van der Waals surface area contributed by atoms with Crippen molar-refractivity contribution in [3.8, 4) is 11.3 Å². The summed E-state index contributed by atoms with van der Waals surface area (Å²) < 4.78 is 0. The predicted octanol–water partition coefficient (Wildman–Crippen LogP) is 3.46. The number of anilines is 1. The maximum atomic E-state index is 12.3. The number of benzene rings is 1. The summed E-state index contributed by atoms with van der Waals surface area (Å²) >= 11 is 1.53. The number of aromatic nitrogens is 2. The molecule has 0 unspecified atom stereocenters. The van der Waals surface area contributed by atoms with E-state index in [2.05, 4.69) is 38.6 Å². The molecular formula is C19H20N4OS. The highest BCUT2D eigenvalue weighted by Gasteiger charge is 2.26. The Morgan fingerprint density at radius 2 is 2.12 bits per heavy atom. The Balaban J connectivity index is 1.39. The van der Waals surface area contributed by atoms with Gasteiger partial charge in [-0.25, -0.2) is 0 Å². The molecule has 25 heavy (non-hydrogen) atoms. The molecule has 1 fully saturated rings. The molecule has 0 bridgehead atoms. The Labute approximate surface area is 150 Å². The number of H-pyrrole nitrogens is 1. The van der Waals surface area contributed by atoms with Crippen LogP contribution in [0, 0.1) is 6.92 Å². The zero-order chi connectivity index (χ0) is 17.2. The van der Waals surface area contributed by atoms with Crippen LogP contribution in [0.4, 0.5) is 5.82 Å². The van der Waals surface area contributed by atoms with Gasteiger partial charge in [0, 0.05) is 30.1 Å². The van der Waals surface area contributed by atoms with Gasteiger partial charge in [0.1, 0.15) is 0 Å². The Bertz CT molecular complexity index is 870. The molecule has 6 heteroatoms. The second kappa shape index (κ2) is 6.72. The summed E-state index contributed by atoms with van der Waals surface area (Å²) in [7, 11) is 0. The minimum Gasteiger partial charge on any atom is -0.353 e. The molecule has 0 aliphatic carbocycles. The first-order chi connectivity index (χ1) is 12.2. The van der Waals surface area contributed by atoms with E-state index in [1.807, 2.05) is 37.3 Å². The maximum Gasteiger partial charge on any atom is 0.261 e. The van der Waals surface area contributed by atoms with Crippen LogP contribution >= 0.6 is 11.3 Å². The number of rotatable bonds is 4. The molecule has 2 N–H and O–H groups in total. The van der Waals surface area contributed by atoms with Crippen molar-refractivity contribution in [2.24, 2.45) is 0 Å².